The molecule has 0 radical (unpaired) electrons. The lowest BCUT2D eigenvalue weighted by atomic mass is 9.91. The normalized spacial score (nSPS) is 17.7. The molecular weight excluding hydrogens is 957 g/mol. The van der Waals surface area contributed by atoms with Crippen LogP contribution in [0.4, 0.5) is 5.69 Å². The molecular formula is C56H70N10O7S. The molecule has 392 valence electrons. The highest BCUT2D eigenvalue weighted by molar-refractivity contribution is 7.13. The molecule has 0 aliphatic carbocycles. The number of carbonyl (C=O) groups is 5. The van der Waals surface area contributed by atoms with Crippen LogP contribution >= 0.6 is 11.3 Å². The second-order valence-corrected chi connectivity index (χ2v) is 21.1. The summed E-state index contributed by atoms with van der Waals surface area (Å²) in [5.74, 6) is -0.952. The van der Waals surface area contributed by atoms with Gasteiger partial charge in [-0.2, -0.15) is 0 Å². The number of H-pyrrole nitrogens is 1. The van der Waals surface area contributed by atoms with Gasteiger partial charge in [0, 0.05) is 55.0 Å². The fourth-order valence-corrected chi connectivity index (χ4v) is 10.9. The lowest BCUT2D eigenvalue weighted by Crippen LogP contribution is -2.49. The maximum absolute atomic E-state index is 14.1. The van der Waals surface area contributed by atoms with Crippen molar-refractivity contribution >= 4 is 57.6 Å². The van der Waals surface area contributed by atoms with Crippen LogP contribution in [-0.4, -0.2) is 109 Å². The molecule has 0 unspecified atom stereocenters. The number of hydrogen-bond acceptors (Lipinski definition) is 12. The molecule has 2 saturated heterocycles. The molecule has 2 fully saturated rings. The minimum Gasteiger partial charge on any atom is -0.391 e. The van der Waals surface area contributed by atoms with Gasteiger partial charge in [0.1, 0.15) is 23.5 Å². The summed E-state index contributed by atoms with van der Waals surface area (Å²) in [5.41, 5.74) is 8.40. The Morgan fingerprint density at radius 3 is 2.23 bits per heavy atom. The van der Waals surface area contributed by atoms with Gasteiger partial charge in [-0.15, -0.1) is 11.3 Å². The molecule has 6 aromatic rings. The Labute approximate surface area is 436 Å². The summed E-state index contributed by atoms with van der Waals surface area (Å²) < 4.78 is 5.50. The van der Waals surface area contributed by atoms with Crippen molar-refractivity contribution in [3.05, 3.63) is 118 Å². The zero-order valence-corrected chi connectivity index (χ0v) is 43.9. The molecule has 2 aliphatic heterocycles. The summed E-state index contributed by atoms with van der Waals surface area (Å²) in [6.07, 6.45) is 7.00. The molecule has 5 heterocycles. The zero-order chi connectivity index (χ0) is 52.3. The van der Waals surface area contributed by atoms with Crippen LogP contribution in [-0.2, 0) is 20.9 Å². The minimum atomic E-state index is -0.943. The number of unbranched alkanes of at least 4 members (excludes halogenated alkanes) is 5. The number of thiazole rings is 1. The molecule has 0 saturated carbocycles. The summed E-state index contributed by atoms with van der Waals surface area (Å²) in [5, 5.41) is 26.8. The standard InChI is InChI=1S/C56H70N10O7S/c1-34(2)51(48-27-35(3)64-73-48)56(72)66-31-43(67)29-47(66)55(71)63-45(38-14-16-39(17-15-38)52-37(5)59-33-74-52)30-50(68)57-24-10-8-6-7-9-11-25-58-53(69)40-18-20-41(21-19-40)54(70)60-42-22-23-44-46(28-42)62-49(61-44)32-65-26-12-13-36(65)4/h14-23,27-28,33-34,36,43,45,47,51,67H,6-13,24-26,29-32H2,1-5H3,(H,57,68)(H,58,69)(H,60,70)(H,61,62)(H,63,71)/t36-,43+,45-,47-,51+/m0/s1. The van der Waals surface area contributed by atoms with Crippen molar-refractivity contribution in [2.75, 3.05) is 31.5 Å². The van der Waals surface area contributed by atoms with E-state index in [2.05, 4.69) is 48.2 Å². The fraction of sp³-hybridized carbons (Fsp3) is 0.464. The Balaban J connectivity index is 0.748. The van der Waals surface area contributed by atoms with Gasteiger partial charge in [-0.3, -0.25) is 28.9 Å². The van der Waals surface area contributed by atoms with Gasteiger partial charge in [0.2, 0.25) is 17.7 Å². The van der Waals surface area contributed by atoms with Crippen molar-refractivity contribution in [3.8, 4) is 10.4 Å². The van der Waals surface area contributed by atoms with Crippen LogP contribution in [0.3, 0.4) is 0 Å². The lowest BCUT2D eigenvalue weighted by molar-refractivity contribution is -0.141. The van der Waals surface area contributed by atoms with Crippen LogP contribution < -0.4 is 21.3 Å². The largest absolute Gasteiger partial charge is 0.391 e. The number of carbonyl (C=O) groups excluding carboxylic acids is 5. The molecule has 5 amide bonds. The first-order valence-electron chi connectivity index (χ1n) is 26.1. The Hall–Kier alpha value is -6.76. The molecule has 2 aliphatic rings. The number of hydrogen-bond donors (Lipinski definition) is 6. The van der Waals surface area contributed by atoms with E-state index in [0.717, 1.165) is 90.2 Å². The predicted molar refractivity (Wildman–Crippen MR) is 285 cm³/mol. The van der Waals surface area contributed by atoms with Crippen LogP contribution in [0.25, 0.3) is 21.5 Å². The number of aryl methyl sites for hydroxylation is 2. The van der Waals surface area contributed by atoms with Crippen molar-refractivity contribution in [2.24, 2.45) is 5.92 Å². The highest BCUT2D eigenvalue weighted by atomic mass is 32.1. The van der Waals surface area contributed by atoms with Gasteiger partial charge in [-0.25, -0.2) is 9.97 Å². The van der Waals surface area contributed by atoms with Crippen LogP contribution in [0.2, 0.25) is 0 Å². The summed E-state index contributed by atoms with van der Waals surface area (Å²) in [4.78, 5) is 85.1. The van der Waals surface area contributed by atoms with Gasteiger partial charge >= 0.3 is 0 Å². The lowest BCUT2D eigenvalue weighted by Gasteiger charge is -2.30. The summed E-state index contributed by atoms with van der Waals surface area (Å²) in [7, 11) is 0. The zero-order valence-electron chi connectivity index (χ0n) is 43.1. The van der Waals surface area contributed by atoms with E-state index < -0.39 is 30.0 Å². The number of nitrogens with zero attached hydrogens (tertiary/aromatic N) is 5. The van der Waals surface area contributed by atoms with Gasteiger partial charge in [0.15, 0.2) is 0 Å². The first kappa shape index (κ1) is 53.5. The Kier molecular flexibility index (Phi) is 18.1. The Morgan fingerprint density at radius 1 is 0.878 bits per heavy atom. The monoisotopic (exact) mass is 1030 g/mol. The van der Waals surface area contributed by atoms with Crippen LogP contribution in [0.15, 0.2) is 82.8 Å². The summed E-state index contributed by atoms with van der Waals surface area (Å²) >= 11 is 1.54. The van der Waals surface area contributed by atoms with Crippen LogP contribution in [0, 0.1) is 19.8 Å². The first-order valence-corrected chi connectivity index (χ1v) is 27.0. The number of likely N-dealkylation sites (tertiary alicyclic amines) is 2. The number of anilines is 1. The summed E-state index contributed by atoms with van der Waals surface area (Å²) in [6, 6.07) is 20.6. The highest BCUT2D eigenvalue weighted by Gasteiger charge is 2.44. The average Bonchev–Trinajstić information content (AvgIpc) is 4.25. The number of β-amino-alcohol motifs (C(OH)–C–C–N with tert-alkyl or cyclic N) is 1. The number of rotatable bonds is 23. The number of nitrogens with one attached hydrogen (secondary N) is 5. The molecule has 0 bridgehead atoms. The number of imidazole rings is 1. The van der Waals surface area contributed by atoms with E-state index >= 15 is 0 Å². The highest BCUT2D eigenvalue weighted by Crippen LogP contribution is 2.33. The molecule has 3 aromatic heterocycles. The average molecular weight is 1030 g/mol. The molecule has 8 rings (SSSR count). The first-order chi connectivity index (χ1) is 35.7. The second-order valence-electron chi connectivity index (χ2n) is 20.3. The number of aromatic amines is 1. The second kappa shape index (κ2) is 25.0. The van der Waals surface area contributed by atoms with Gasteiger partial charge in [0.25, 0.3) is 11.8 Å². The van der Waals surface area contributed by atoms with E-state index in [1.165, 1.54) is 17.7 Å². The van der Waals surface area contributed by atoms with E-state index in [4.69, 9.17) is 9.51 Å². The van der Waals surface area contributed by atoms with E-state index in [1.54, 1.807) is 54.1 Å². The van der Waals surface area contributed by atoms with Crippen molar-refractivity contribution in [2.45, 2.75) is 136 Å². The van der Waals surface area contributed by atoms with E-state index in [1.807, 2.05) is 63.2 Å². The molecule has 17 nitrogen and oxygen atoms in total. The Morgan fingerprint density at radius 2 is 1.58 bits per heavy atom. The molecule has 0 spiro atoms. The predicted octanol–water partition coefficient (Wildman–Crippen LogP) is 8.36. The quantitative estimate of drug-likeness (QED) is 0.0334. The number of benzene rings is 3. The number of amides is 5. The number of aromatic nitrogens is 4. The molecule has 3 aromatic carbocycles. The SMILES string of the molecule is Cc1cc([C@H](C(=O)N2C[C@H](O)C[C@H]2C(=O)N[C@@H](CC(=O)NCCCCCCCCNC(=O)c2ccc(C(=O)Nc3ccc4nc(CN5CCC[C@@H]5C)[nH]c4c3)cc2)c2ccc(-c3scnc3C)cc2)C(C)C)on1. The third-order valence-corrected chi connectivity index (χ3v) is 15.2. The van der Waals surface area contributed by atoms with Crippen LogP contribution in [0.5, 0.6) is 0 Å². The maximum Gasteiger partial charge on any atom is 0.255 e. The van der Waals surface area contributed by atoms with Crippen molar-refractivity contribution in [3.63, 3.8) is 0 Å². The van der Waals surface area contributed by atoms with E-state index in [-0.39, 0.29) is 48.9 Å². The van der Waals surface area contributed by atoms with Crippen molar-refractivity contribution < 1.29 is 33.6 Å². The number of aliphatic hydroxyl groups excluding tert-OH is 1. The van der Waals surface area contributed by atoms with E-state index in [0.29, 0.717) is 47.4 Å². The third-order valence-electron chi connectivity index (χ3n) is 14.2. The Bertz CT molecular complexity index is 2880. The van der Waals surface area contributed by atoms with Crippen LogP contribution in [0.1, 0.15) is 146 Å². The van der Waals surface area contributed by atoms with Gasteiger partial charge in [0.05, 0.1) is 57.9 Å². The molecule has 18 heteroatoms. The number of fused-ring (bicyclic) bond motifs is 1. The summed E-state index contributed by atoms with van der Waals surface area (Å²) in [6.45, 7) is 12.7. The van der Waals surface area contributed by atoms with E-state index in [9.17, 15) is 29.1 Å². The molecule has 6 N–H and O–H groups in total. The van der Waals surface area contributed by atoms with Gasteiger partial charge in [-0.1, -0.05) is 69.0 Å². The molecule has 74 heavy (non-hydrogen) atoms. The van der Waals surface area contributed by atoms with Crippen molar-refractivity contribution in [1.82, 2.24) is 45.9 Å². The minimum absolute atomic E-state index is 0.00344. The topological polar surface area (TPSA) is 228 Å². The number of aliphatic hydroxyl groups is 1. The smallest absolute Gasteiger partial charge is 0.255 e. The third kappa shape index (κ3) is 13.7. The maximum atomic E-state index is 14.1. The van der Waals surface area contributed by atoms with Crippen molar-refractivity contribution in [1.29, 1.82) is 0 Å². The fourth-order valence-electron chi connectivity index (χ4n) is 10.1. The molecule has 5 atom stereocenters. The van der Waals surface area contributed by atoms with Gasteiger partial charge in [-0.05, 0) is 113 Å². The van der Waals surface area contributed by atoms with Gasteiger partial charge < -0.3 is 40.8 Å².